The Kier molecular flexibility index (Phi) is 2.91. The summed E-state index contributed by atoms with van der Waals surface area (Å²) in [5.74, 6) is -1.42. The summed E-state index contributed by atoms with van der Waals surface area (Å²) in [5, 5.41) is 11.6. The molecule has 2 atom stereocenters. The minimum atomic E-state index is -0.862. The summed E-state index contributed by atoms with van der Waals surface area (Å²) in [7, 11) is 1.64. The van der Waals surface area contributed by atoms with Gasteiger partial charge in [0.2, 0.25) is 5.91 Å². The molecule has 1 aliphatic heterocycles. The van der Waals surface area contributed by atoms with Crippen LogP contribution in [0.3, 0.4) is 0 Å². The van der Waals surface area contributed by atoms with Crippen LogP contribution in [0, 0.1) is 5.92 Å². The van der Waals surface area contributed by atoms with Crippen LogP contribution in [0.5, 0.6) is 0 Å². The second kappa shape index (κ2) is 4.21. The van der Waals surface area contributed by atoms with Crippen LogP contribution in [-0.4, -0.2) is 33.9 Å². The van der Waals surface area contributed by atoms with Crippen LogP contribution in [0.2, 0.25) is 0 Å². The molecule has 2 rings (SSSR count). The predicted molar refractivity (Wildman–Crippen MR) is 58.0 cm³/mol. The van der Waals surface area contributed by atoms with Crippen LogP contribution in [0.4, 0.5) is 0 Å². The normalized spacial score (nSPS) is 25.8. The zero-order chi connectivity index (χ0) is 11.7. The Balaban J connectivity index is 2.34. The molecule has 1 aromatic heterocycles. The summed E-state index contributed by atoms with van der Waals surface area (Å²) in [6, 6.07) is -0.418. The van der Waals surface area contributed by atoms with E-state index in [9.17, 15) is 9.59 Å². The molecule has 0 saturated carbocycles. The van der Waals surface area contributed by atoms with Gasteiger partial charge in [-0.15, -0.1) is 11.3 Å². The van der Waals surface area contributed by atoms with Gasteiger partial charge in [0, 0.05) is 25.0 Å². The molecule has 0 radical (unpaired) electrons. The van der Waals surface area contributed by atoms with E-state index in [0.717, 1.165) is 0 Å². The van der Waals surface area contributed by atoms with Crippen LogP contribution >= 0.6 is 11.3 Å². The molecule has 1 aromatic rings. The third-order valence-corrected chi connectivity index (χ3v) is 3.73. The number of carboxylic acids is 1. The summed E-state index contributed by atoms with van der Waals surface area (Å²) in [6.07, 6.45) is 2.32. The van der Waals surface area contributed by atoms with Crippen molar-refractivity contribution >= 4 is 23.2 Å². The lowest BCUT2D eigenvalue weighted by atomic mass is 9.89. The molecule has 1 fully saturated rings. The second-order valence-corrected chi connectivity index (χ2v) is 4.73. The lowest BCUT2D eigenvalue weighted by molar-refractivity contribution is -0.150. The molecule has 16 heavy (non-hydrogen) atoms. The zero-order valence-corrected chi connectivity index (χ0v) is 9.61. The zero-order valence-electron chi connectivity index (χ0n) is 8.79. The molecular weight excluding hydrogens is 228 g/mol. The number of aliphatic carboxylic acids is 1. The van der Waals surface area contributed by atoms with Crippen molar-refractivity contribution < 1.29 is 14.7 Å². The molecule has 0 aromatic carbocycles. The van der Waals surface area contributed by atoms with Gasteiger partial charge in [-0.3, -0.25) is 9.59 Å². The van der Waals surface area contributed by atoms with Crippen molar-refractivity contribution in [2.24, 2.45) is 5.92 Å². The standard InChI is InChI=1S/C10H12N2O3S/c1-12-7(13)3-2-6(10(14)15)8(12)9-11-4-5-16-9/h4-6,8H,2-3H2,1H3,(H,14,15). The summed E-state index contributed by atoms with van der Waals surface area (Å²) in [4.78, 5) is 28.3. The second-order valence-electron chi connectivity index (χ2n) is 3.80. The SMILES string of the molecule is CN1C(=O)CCC(C(=O)O)C1c1nccs1. The van der Waals surface area contributed by atoms with Gasteiger partial charge >= 0.3 is 5.97 Å². The quantitative estimate of drug-likeness (QED) is 0.841. The molecule has 1 N–H and O–H groups in total. The molecule has 1 amide bonds. The van der Waals surface area contributed by atoms with Crippen molar-refractivity contribution in [3.63, 3.8) is 0 Å². The smallest absolute Gasteiger partial charge is 0.309 e. The Morgan fingerprint density at radius 3 is 3.00 bits per heavy atom. The number of hydrogen-bond acceptors (Lipinski definition) is 4. The molecule has 0 spiro atoms. The first-order chi connectivity index (χ1) is 7.61. The molecule has 86 valence electrons. The van der Waals surface area contributed by atoms with Gasteiger partial charge in [0.15, 0.2) is 0 Å². The number of hydrogen-bond donors (Lipinski definition) is 1. The lowest BCUT2D eigenvalue weighted by Crippen LogP contribution is -2.42. The fraction of sp³-hybridized carbons (Fsp3) is 0.500. The van der Waals surface area contributed by atoms with E-state index in [1.165, 1.54) is 16.2 Å². The molecule has 2 unspecified atom stereocenters. The number of carboxylic acid groups (broad SMARTS) is 1. The van der Waals surface area contributed by atoms with Crippen LogP contribution in [0.25, 0.3) is 0 Å². The highest BCUT2D eigenvalue weighted by Crippen LogP contribution is 2.36. The van der Waals surface area contributed by atoms with E-state index in [4.69, 9.17) is 5.11 Å². The lowest BCUT2D eigenvalue weighted by Gasteiger charge is -2.35. The van der Waals surface area contributed by atoms with Crippen LogP contribution in [-0.2, 0) is 9.59 Å². The van der Waals surface area contributed by atoms with Crippen molar-refractivity contribution in [1.29, 1.82) is 0 Å². The maximum Gasteiger partial charge on any atom is 0.309 e. The molecule has 2 heterocycles. The highest BCUT2D eigenvalue weighted by molar-refractivity contribution is 7.09. The van der Waals surface area contributed by atoms with Crippen molar-refractivity contribution in [3.8, 4) is 0 Å². The molecule has 0 aliphatic carbocycles. The van der Waals surface area contributed by atoms with Gasteiger partial charge in [-0.05, 0) is 6.42 Å². The average molecular weight is 240 g/mol. The first kappa shape index (κ1) is 11.1. The van der Waals surface area contributed by atoms with Crippen LogP contribution in [0.1, 0.15) is 23.9 Å². The number of amides is 1. The fourth-order valence-corrected chi connectivity index (χ4v) is 2.86. The number of aromatic nitrogens is 1. The first-order valence-electron chi connectivity index (χ1n) is 4.99. The maximum atomic E-state index is 11.6. The highest BCUT2D eigenvalue weighted by atomic mass is 32.1. The predicted octanol–water partition coefficient (Wildman–Crippen LogP) is 1.14. The van der Waals surface area contributed by atoms with Gasteiger partial charge in [0.25, 0.3) is 0 Å². The first-order valence-corrected chi connectivity index (χ1v) is 5.87. The Labute approximate surface area is 96.7 Å². The van der Waals surface area contributed by atoms with E-state index in [0.29, 0.717) is 17.8 Å². The van der Waals surface area contributed by atoms with E-state index in [2.05, 4.69) is 4.98 Å². The number of nitrogens with zero attached hydrogens (tertiary/aromatic N) is 2. The van der Waals surface area contributed by atoms with E-state index < -0.39 is 17.9 Å². The van der Waals surface area contributed by atoms with E-state index in [1.807, 2.05) is 0 Å². The Morgan fingerprint density at radius 2 is 2.44 bits per heavy atom. The summed E-state index contributed by atoms with van der Waals surface area (Å²) in [5.41, 5.74) is 0. The van der Waals surface area contributed by atoms with Crippen LogP contribution < -0.4 is 0 Å². The Bertz CT molecular complexity index is 404. The average Bonchev–Trinajstić information content (AvgIpc) is 2.74. The third kappa shape index (κ3) is 1.80. The topological polar surface area (TPSA) is 70.5 Å². The number of piperidine rings is 1. The molecule has 1 aliphatic rings. The minimum Gasteiger partial charge on any atom is -0.481 e. The van der Waals surface area contributed by atoms with Gasteiger partial charge in [-0.2, -0.15) is 0 Å². The van der Waals surface area contributed by atoms with Gasteiger partial charge in [-0.1, -0.05) is 0 Å². The third-order valence-electron chi connectivity index (χ3n) is 2.88. The number of rotatable bonds is 2. The molecule has 0 bridgehead atoms. The molecule has 6 heteroatoms. The van der Waals surface area contributed by atoms with Gasteiger partial charge in [0.1, 0.15) is 5.01 Å². The van der Waals surface area contributed by atoms with E-state index >= 15 is 0 Å². The minimum absolute atomic E-state index is 0.0160. The highest BCUT2D eigenvalue weighted by Gasteiger charge is 2.40. The summed E-state index contributed by atoms with van der Waals surface area (Å²) >= 11 is 1.39. The van der Waals surface area contributed by atoms with Gasteiger partial charge in [-0.25, -0.2) is 4.98 Å². The van der Waals surface area contributed by atoms with Crippen molar-refractivity contribution in [1.82, 2.24) is 9.88 Å². The molecular formula is C10H12N2O3S. The molecule has 1 saturated heterocycles. The number of thiazole rings is 1. The monoisotopic (exact) mass is 240 g/mol. The Hall–Kier alpha value is -1.43. The van der Waals surface area contributed by atoms with Crippen molar-refractivity contribution in [2.75, 3.05) is 7.05 Å². The van der Waals surface area contributed by atoms with E-state index in [-0.39, 0.29) is 5.91 Å². The molecule has 5 nitrogen and oxygen atoms in total. The maximum absolute atomic E-state index is 11.6. The van der Waals surface area contributed by atoms with Gasteiger partial charge in [0.05, 0.1) is 12.0 Å². The number of likely N-dealkylation sites (tertiary alicyclic amines) is 1. The van der Waals surface area contributed by atoms with Gasteiger partial charge < -0.3 is 10.0 Å². The van der Waals surface area contributed by atoms with E-state index in [1.54, 1.807) is 18.6 Å². The summed E-state index contributed by atoms with van der Waals surface area (Å²) in [6.45, 7) is 0. The Morgan fingerprint density at radius 1 is 1.69 bits per heavy atom. The largest absolute Gasteiger partial charge is 0.481 e. The number of carbonyl (C=O) groups excluding carboxylic acids is 1. The fourth-order valence-electron chi connectivity index (χ4n) is 2.02. The number of carbonyl (C=O) groups is 2. The van der Waals surface area contributed by atoms with Crippen LogP contribution in [0.15, 0.2) is 11.6 Å². The van der Waals surface area contributed by atoms with Crippen molar-refractivity contribution in [2.45, 2.75) is 18.9 Å². The van der Waals surface area contributed by atoms with Crippen molar-refractivity contribution in [3.05, 3.63) is 16.6 Å². The summed E-state index contributed by atoms with van der Waals surface area (Å²) < 4.78 is 0.